The predicted molar refractivity (Wildman–Crippen MR) is 56.5 cm³/mol. The summed E-state index contributed by atoms with van der Waals surface area (Å²) < 4.78 is 35.2. The molecule has 0 spiro atoms. The molecule has 0 bridgehead atoms. The monoisotopic (exact) mass is 260 g/mol. The Hall–Kier alpha value is -2.18. The van der Waals surface area contributed by atoms with Gasteiger partial charge in [-0.3, -0.25) is 4.79 Å². The molecule has 0 aliphatic heterocycles. The Morgan fingerprint density at radius 3 is 2.06 bits per heavy atom. The van der Waals surface area contributed by atoms with E-state index in [0.29, 0.717) is 0 Å². The molecule has 1 aromatic rings. The summed E-state index contributed by atoms with van der Waals surface area (Å²) >= 11 is 0. The highest BCUT2D eigenvalue weighted by Crippen LogP contribution is 2.35. The minimum Gasteiger partial charge on any atom is -0.493 e. The first kappa shape index (κ1) is 13.9. The molecule has 18 heavy (non-hydrogen) atoms. The second kappa shape index (κ2) is 5.44. The lowest BCUT2D eigenvalue weighted by Gasteiger charge is -2.12. The van der Waals surface area contributed by atoms with Crippen LogP contribution in [-0.2, 0) is 4.79 Å². The van der Waals surface area contributed by atoms with Crippen molar-refractivity contribution in [1.82, 2.24) is 0 Å². The largest absolute Gasteiger partial charge is 0.493 e. The Labute approximate surface area is 101 Å². The summed E-state index contributed by atoms with van der Waals surface area (Å²) in [6.45, 7) is 0. The van der Waals surface area contributed by atoms with Gasteiger partial charge in [-0.2, -0.15) is 0 Å². The minimum absolute atomic E-state index is 0.00487. The first-order valence-corrected chi connectivity index (χ1v) is 4.74. The van der Waals surface area contributed by atoms with Gasteiger partial charge in [0, 0.05) is 11.1 Å². The zero-order valence-electron chi connectivity index (χ0n) is 9.57. The summed E-state index contributed by atoms with van der Waals surface area (Å²) in [4.78, 5) is 21.9. The standard InChI is InChI=1S/C11H10F2O5/c1-17-7-3-5(9(14)11(15)16)6(10(12)13)4-8(7)18-2/h3-4,10H,1-2H3,(H,15,16). The van der Waals surface area contributed by atoms with Crippen LogP contribution in [0.2, 0.25) is 0 Å². The number of benzene rings is 1. The third-order valence-electron chi connectivity index (χ3n) is 2.23. The van der Waals surface area contributed by atoms with Gasteiger partial charge in [0.15, 0.2) is 11.5 Å². The first-order valence-electron chi connectivity index (χ1n) is 4.74. The quantitative estimate of drug-likeness (QED) is 0.646. The average Bonchev–Trinajstić information content (AvgIpc) is 2.35. The van der Waals surface area contributed by atoms with Gasteiger partial charge in [0.05, 0.1) is 14.2 Å². The zero-order valence-corrected chi connectivity index (χ0v) is 9.57. The number of carboxylic acid groups (broad SMARTS) is 1. The van der Waals surface area contributed by atoms with Gasteiger partial charge < -0.3 is 14.6 Å². The van der Waals surface area contributed by atoms with Crippen LogP contribution in [0.5, 0.6) is 11.5 Å². The lowest BCUT2D eigenvalue weighted by molar-refractivity contribution is -0.131. The van der Waals surface area contributed by atoms with Crippen molar-refractivity contribution in [2.75, 3.05) is 14.2 Å². The van der Waals surface area contributed by atoms with Crippen LogP contribution in [0.25, 0.3) is 0 Å². The van der Waals surface area contributed by atoms with Crippen LogP contribution in [-0.4, -0.2) is 31.1 Å². The van der Waals surface area contributed by atoms with Gasteiger partial charge in [-0.1, -0.05) is 0 Å². The molecule has 98 valence electrons. The zero-order chi connectivity index (χ0) is 13.9. The number of hydrogen-bond acceptors (Lipinski definition) is 4. The SMILES string of the molecule is COc1cc(C(=O)C(=O)O)c(C(F)F)cc1OC. The fraction of sp³-hybridized carbons (Fsp3) is 0.273. The van der Waals surface area contributed by atoms with E-state index >= 15 is 0 Å². The van der Waals surface area contributed by atoms with Crippen LogP contribution in [0.15, 0.2) is 12.1 Å². The van der Waals surface area contributed by atoms with Crippen molar-refractivity contribution in [3.05, 3.63) is 23.3 Å². The van der Waals surface area contributed by atoms with E-state index in [1.807, 2.05) is 0 Å². The molecule has 0 aliphatic carbocycles. The van der Waals surface area contributed by atoms with Crippen LogP contribution < -0.4 is 9.47 Å². The summed E-state index contributed by atoms with van der Waals surface area (Å²) in [6, 6.07) is 1.82. The molecular formula is C11H10F2O5. The smallest absolute Gasteiger partial charge is 0.377 e. The van der Waals surface area contributed by atoms with E-state index in [4.69, 9.17) is 14.6 Å². The number of methoxy groups -OCH3 is 2. The van der Waals surface area contributed by atoms with E-state index in [9.17, 15) is 18.4 Å². The number of Topliss-reactive ketones (excluding diaryl/α,β-unsaturated/α-hetero) is 1. The molecule has 0 radical (unpaired) electrons. The van der Waals surface area contributed by atoms with Crippen molar-refractivity contribution in [2.45, 2.75) is 6.43 Å². The number of carbonyl (C=O) groups excluding carboxylic acids is 1. The summed E-state index contributed by atoms with van der Waals surface area (Å²) in [5.74, 6) is -3.24. The number of ether oxygens (including phenoxy) is 2. The Morgan fingerprint density at radius 2 is 1.67 bits per heavy atom. The van der Waals surface area contributed by atoms with Gasteiger partial charge in [0.25, 0.3) is 12.2 Å². The Morgan fingerprint density at radius 1 is 1.17 bits per heavy atom. The van der Waals surface area contributed by atoms with E-state index in [2.05, 4.69) is 0 Å². The van der Waals surface area contributed by atoms with Crippen LogP contribution >= 0.6 is 0 Å². The number of halogens is 2. The van der Waals surface area contributed by atoms with Gasteiger partial charge in [0.1, 0.15) is 0 Å². The second-order valence-corrected chi connectivity index (χ2v) is 3.23. The van der Waals surface area contributed by atoms with Crippen molar-refractivity contribution >= 4 is 11.8 Å². The van der Waals surface area contributed by atoms with Crippen LogP contribution in [0.3, 0.4) is 0 Å². The Balaban J connectivity index is 3.47. The molecule has 0 saturated carbocycles. The van der Waals surface area contributed by atoms with Crippen LogP contribution in [0, 0.1) is 0 Å². The maximum Gasteiger partial charge on any atom is 0.377 e. The van der Waals surface area contributed by atoms with Crippen LogP contribution in [0.1, 0.15) is 22.3 Å². The molecular weight excluding hydrogens is 250 g/mol. The molecule has 0 aromatic heterocycles. The minimum atomic E-state index is -3.00. The van der Waals surface area contributed by atoms with Crippen molar-refractivity contribution in [2.24, 2.45) is 0 Å². The Kier molecular flexibility index (Phi) is 4.19. The van der Waals surface area contributed by atoms with E-state index < -0.39 is 29.3 Å². The first-order chi connectivity index (χ1) is 8.42. The molecule has 0 aliphatic rings. The van der Waals surface area contributed by atoms with Gasteiger partial charge in [-0.25, -0.2) is 13.6 Å². The highest BCUT2D eigenvalue weighted by molar-refractivity contribution is 6.40. The van der Waals surface area contributed by atoms with Gasteiger partial charge in [-0.05, 0) is 12.1 Å². The number of carbonyl (C=O) groups is 2. The normalized spacial score (nSPS) is 10.3. The van der Waals surface area contributed by atoms with Crippen molar-refractivity contribution in [3.8, 4) is 11.5 Å². The lowest BCUT2D eigenvalue weighted by Crippen LogP contribution is -2.15. The molecule has 0 fully saturated rings. The van der Waals surface area contributed by atoms with Crippen molar-refractivity contribution in [3.63, 3.8) is 0 Å². The fourth-order valence-corrected chi connectivity index (χ4v) is 1.39. The molecule has 5 nitrogen and oxygen atoms in total. The summed E-state index contributed by atoms with van der Waals surface area (Å²) in [7, 11) is 2.49. The Bertz CT molecular complexity index is 485. The molecule has 1 rings (SSSR count). The number of aliphatic carboxylic acids is 1. The highest BCUT2D eigenvalue weighted by atomic mass is 19.3. The summed E-state index contributed by atoms with van der Waals surface area (Å²) in [6.07, 6.45) is -3.00. The van der Waals surface area contributed by atoms with E-state index in [0.717, 1.165) is 12.1 Å². The molecule has 7 heteroatoms. The number of ketones is 1. The van der Waals surface area contributed by atoms with E-state index in [-0.39, 0.29) is 11.5 Å². The molecule has 0 unspecified atom stereocenters. The predicted octanol–water partition coefficient (Wildman–Crippen LogP) is 1.91. The molecule has 1 N–H and O–H groups in total. The number of rotatable bonds is 5. The molecule has 1 aromatic carbocycles. The molecule has 0 heterocycles. The number of alkyl halides is 2. The van der Waals surface area contributed by atoms with Gasteiger partial charge >= 0.3 is 5.97 Å². The fourth-order valence-electron chi connectivity index (χ4n) is 1.39. The number of hydrogen-bond donors (Lipinski definition) is 1. The van der Waals surface area contributed by atoms with Crippen molar-refractivity contribution < 1.29 is 33.0 Å². The average molecular weight is 260 g/mol. The lowest BCUT2D eigenvalue weighted by atomic mass is 10.0. The van der Waals surface area contributed by atoms with Crippen LogP contribution in [0.4, 0.5) is 8.78 Å². The highest BCUT2D eigenvalue weighted by Gasteiger charge is 2.25. The van der Waals surface area contributed by atoms with Gasteiger partial charge in [0.2, 0.25) is 0 Å². The summed E-state index contributed by atoms with van der Waals surface area (Å²) in [5, 5.41) is 8.57. The molecule has 0 atom stereocenters. The maximum absolute atomic E-state index is 12.8. The third kappa shape index (κ3) is 2.55. The summed E-state index contributed by atoms with van der Waals surface area (Å²) in [5.41, 5.74) is -1.32. The molecule has 0 amide bonds. The van der Waals surface area contributed by atoms with E-state index in [1.54, 1.807) is 0 Å². The second-order valence-electron chi connectivity index (χ2n) is 3.23. The third-order valence-corrected chi connectivity index (χ3v) is 2.23. The molecule has 0 saturated heterocycles. The maximum atomic E-state index is 12.8. The van der Waals surface area contributed by atoms with Crippen molar-refractivity contribution in [1.29, 1.82) is 0 Å². The topological polar surface area (TPSA) is 72.8 Å². The number of carboxylic acids is 1. The van der Waals surface area contributed by atoms with E-state index in [1.165, 1.54) is 14.2 Å². The van der Waals surface area contributed by atoms with Gasteiger partial charge in [-0.15, -0.1) is 0 Å².